The van der Waals surface area contributed by atoms with Crippen molar-refractivity contribution in [2.24, 2.45) is 12.1 Å². The van der Waals surface area contributed by atoms with Gasteiger partial charge in [0.25, 0.3) is 5.91 Å². The molecule has 0 radical (unpaired) electrons. The van der Waals surface area contributed by atoms with Crippen LogP contribution in [0.1, 0.15) is 35.1 Å². The molecule has 168 valence electrons. The van der Waals surface area contributed by atoms with Crippen LogP contribution in [-0.4, -0.2) is 37.1 Å². The Balaban J connectivity index is 1.35. The summed E-state index contributed by atoms with van der Waals surface area (Å²) in [5, 5.41) is 15.4. The molecule has 9 heteroatoms. The SMILES string of the molecule is Cc1ccc(C2=NN(C(=O)CSc3nnc(-c4ccoc4C)n3C)C(c3ccco3)C2)cc1. The highest BCUT2D eigenvalue weighted by atomic mass is 32.2. The minimum absolute atomic E-state index is 0.118. The Bertz CT molecular complexity index is 1300. The van der Waals surface area contributed by atoms with Crippen LogP contribution in [0.15, 0.2) is 74.1 Å². The highest BCUT2D eigenvalue weighted by Gasteiger charge is 2.35. The van der Waals surface area contributed by atoms with E-state index in [4.69, 9.17) is 8.83 Å². The van der Waals surface area contributed by atoms with Gasteiger partial charge in [0.1, 0.15) is 17.6 Å². The summed E-state index contributed by atoms with van der Waals surface area (Å²) in [7, 11) is 1.88. The van der Waals surface area contributed by atoms with Gasteiger partial charge in [-0.25, -0.2) is 5.01 Å². The van der Waals surface area contributed by atoms with E-state index in [9.17, 15) is 4.79 Å². The van der Waals surface area contributed by atoms with Crippen molar-refractivity contribution < 1.29 is 13.6 Å². The molecule has 1 amide bonds. The molecule has 0 saturated carbocycles. The highest BCUT2D eigenvalue weighted by Crippen LogP contribution is 2.34. The minimum atomic E-state index is -0.270. The molecule has 0 fully saturated rings. The molecule has 0 bridgehead atoms. The van der Waals surface area contributed by atoms with Crippen LogP contribution in [0.25, 0.3) is 11.4 Å². The summed E-state index contributed by atoms with van der Waals surface area (Å²) in [5.41, 5.74) is 3.94. The van der Waals surface area contributed by atoms with Gasteiger partial charge in [-0.15, -0.1) is 10.2 Å². The fraction of sp³-hybridized carbons (Fsp3) is 0.250. The second kappa shape index (κ2) is 8.74. The fourth-order valence-electron chi connectivity index (χ4n) is 3.85. The zero-order valence-corrected chi connectivity index (χ0v) is 19.4. The van der Waals surface area contributed by atoms with Gasteiger partial charge in [-0.3, -0.25) is 4.79 Å². The largest absolute Gasteiger partial charge is 0.469 e. The quantitative estimate of drug-likeness (QED) is 0.385. The van der Waals surface area contributed by atoms with E-state index < -0.39 is 0 Å². The van der Waals surface area contributed by atoms with Crippen molar-refractivity contribution in [1.29, 1.82) is 0 Å². The molecule has 3 aromatic heterocycles. The van der Waals surface area contributed by atoms with Crippen molar-refractivity contribution in [3.63, 3.8) is 0 Å². The molecule has 5 rings (SSSR count). The number of hydrazone groups is 1. The molecule has 33 heavy (non-hydrogen) atoms. The van der Waals surface area contributed by atoms with Gasteiger partial charge in [0.15, 0.2) is 11.0 Å². The smallest absolute Gasteiger partial charge is 0.253 e. The van der Waals surface area contributed by atoms with Gasteiger partial charge in [-0.1, -0.05) is 41.6 Å². The standard InChI is InChI=1S/C24H23N5O3S/c1-15-6-8-17(9-7-15)19-13-20(21-5-4-11-32-21)29(27-19)22(30)14-33-24-26-25-23(28(24)3)18-10-12-31-16(18)2/h4-12,20H,13-14H2,1-3H3. The van der Waals surface area contributed by atoms with Crippen LogP contribution in [0.3, 0.4) is 0 Å². The molecule has 1 aliphatic heterocycles. The Hall–Kier alpha value is -3.59. The molecule has 8 nitrogen and oxygen atoms in total. The number of aryl methyl sites for hydroxylation is 2. The number of rotatable bonds is 6. The maximum atomic E-state index is 13.2. The lowest BCUT2D eigenvalue weighted by molar-refractivity contribution is -0.130. The molecule has 4 aromatic rings. The van der Waals surface area contributed by atoms with Crippen LogP contribution in [0.2, 0.25) is 0 Å². The van der Waals surface area contributed by atoms with Crippen molar-refractivity contribution in [2.45, 2.75) is 31.5 Å². The first-order chi connectivity index (χ1) is 16.0. The van der Waals surface area contributed by atoms with Crippen LogP contribution in [0.4, 0.5) is 0 Å². The molecular formula is C24H23N5O3S. The van der Waals surface area contributed by atoms with Gasteiger partial charge in [0.2, 0.25) is 0 Å². The third-order valence-electron chi connectivity index (χ3n) is 5.68. The van der Waals surface area contributed by atoms with Gasteiger partial charge in [0.05, 0.1) is 29.6 Å². The average Bonchev–Trinajstić information content (AvgIpc) is 3.60. The molecule has 0 spiro atoms. The van der Waals surface area contributed by atoms with E-state index in [-0.39, 0.29) is 17.7 Å². The lowest BCUT2D eigenvalue weighted by Gasteiger charge is -2.19. The first-order valence-corrected chi connectivity index (χ1v) is 11.6. The van der Waals surface area contributed by atoms with Crippen molar-refractivity contribution in [3.8, 4) is 11.4 Å². The second-order valence-corrected chi connectivity index (χ2v) is 8.87. The Labute approximate surface area is 195 Å². The normalized spacial score (nSPS) is 15.8. The summed E-state index contributed by atoms with van der Waals surface area (Å²) < 4.78 is 12.9. The van der Waals surface area contributed by atoms with E-state index in [0.29, 0.717) is 17.4 Å². The minimum Gasteiger partial charge on any atom is -0.469 e. The Morgan fingerprint density at radius 2 is 1.91 bits per heavy atom. The third-order valence-corrected chi connectivity index (χ3v) is 6.69. The zero-order chi connectivity index (χ0) is 22.9. The van der Waals surface area contributed by atoms with Crippen LogP contribution in [0.5, 0.6) is 0 Å². The van der Waals surface area contributed by atoms with E-state index in [0.717, 1.165) is 28.4 Å². The molecular weight excluding hydrogens is 438 g/mol. The third kappa shape index (κ3) is 4.11. The number of carbonyl (C=O) groups is 1. The second-order valence-electron chi connectivity index (χ2n) is 7.93. The Morgan fingerprint density at radius 1 is 1.09 bits per heavy atom. The number of aromatic nitrogens is 3. The highest BCUT2D eigenvalue weighted by molar-refractivity contribution is 7.99. The van der Waals surface area contributed by atoms with Crippen LogP contribution >= 0.6 is 11.8 Å². The molecule has 1 unspecified atom stereocenters. The van der Waals surface area contributed by atoms with Gasteiger partial charge >= 0.3 is 0 Å². The van der Waals surface area contributed by atoms with Gasteiger partial charge in [-0.2, -0.15) is 5.10 Å². The van der Waals surface area contributed by atoms with E-state index in [1.54, 1.807) is 17.5 Å². The average molecular weight is 462 g/mol. The molecule has 0 N–H and O–H groups in total. The lowest BCUT2D eigenvalue weighted by atomic mass is 10.0. The van der Waals surface area contributed by atoms with Gasteiger partial charge in [-0.05, 0) is 37.6 Å². The molecule has 1 atom stereocenters. The van der Waals surface area contributed by atoms with Crippen LogP contribution < -0.4 is 0 Å². The summed E-state index contributed by atoms with van der Waals surface area (Å²) in [6.45, 7) is 3.93. The first-order valence-electron chi connectivity index (χ1n) is 10.6. The number of thioether (sulfide) groups is 1. The predicted octanol–water partition coefficient (Wildman–Crippen LogP) is 4.75. The molecule has 0 aliphatic carbocycles. The van der Waals surface area contributed by atoms with Crippen molar-refractivity contribution in [2.75, 3.05) is 5.75 Å². The zero-order valence-electron chi connectivity index (χ0n) is 18.6. The van der Waals surface area contributed by atoms with Crippen molar-refractivity contribution in [3.05, 3.63) is 77.6 Å². The number of hydrogen-bond donors (Lipinski definition) is 0. The number of amides is 1. The fourth-order valence-corrected chi connectivity index (χ4v) is 4.61. The number of nitrogens with zero attached hydrogens (tertiary/aromatic N) is 5. The van der Waals surface area contributed by atoms with Crippen LogP contribution in [-0.2, 0) is 11.8 Å². The van der Waals surface area contributed by atoms with E-state index >= 15 is 0 Å². The summed E-state index contributed by atoms with van der Waals surface area (Å²) in [6, 6.07) is 13.5. The summed E-state index contributed by atoms with van der Waals surface area (Å²) in [6.07, 6.45) is 3.85. The lowest BCUT2D eigenvalue weighted by Crippen LogP contribution is -2.28. The predicted molar refractivity (Wildman–Crippen MR) is 125 cm³/mol. The number of benzene rings is 1. The molecule has 4 heterocycles. The van der Waals surface area contributed by atoms with Crippen molar-refractivity contribution >= 4 is 23.4 Å². The van der Waals surface area contributed by atoms with Crippen molar-refractivity contribution in [1.82, 2.24) is 19.8 Å². The molecule has 1 aromatic carbocycles. The number of hydrogen-bond acceptors (Lipinski definition) is 7. The van der Waals surface area contributed by atoms with Gasteiger partial charge < -0.3 is 13.4 Å². The maximum absolute atomic E-state index is 13.2. The number of carbonyl (C=O) groups excluding carboxylic acids is 1. The van der Waals surface area contributed by atoms with Crippen LogP contribution in [0, 0.1) is 13.8 Å². The number of furan rings is 2. The summed E-state index contributed by atoms with van der Waals surface area (Å²) in [5.74, 6) is 2.25. The van der Waals surface area contributed by atoms with E-state index in [2.05, 4.69) is 15.3 Å². The molecule has 0 saturated heterocycles. The monoisotopic (exact) mass is 461 g/mol. The summed E-state index contributed by atoms with van der Waals surface area (Å²) >= 11 is 1.33. The van der Waals surface area contributed by atoms with Gasteiger partial charge in [0, 0.05) is 13.5 Å². The topological polar surface area (TPSA) is 89.7 Å². The van der Waals surface area contributed by atoms with E-state index in [1.807, 2.05) is 67.9 Å². The first kappa shape index (κ1) is 21.3. The Morgan fingerprint density at radius 3 is 2.61 bits per heavy atom. The molecule has 1 aliphatic rings. The maximum Gasteiger partial charge on any atom is 0.253 e. The summed E-state index contributed by atoms with van der Waals surface area (Å²) in [4.78, 5) is 13.2. The van der Waals surface area contributed by atoms with E-state index in [1.165, 1.54) is 17.3 Å². The Kier molecular flexibility index (Phi) is 5.63.